The minimum absolute atomic E-state index is 0.0110. The fourth-order valence-corrected chi connectivity index (χ4v) is 6.07. The monoisotopic (exact) mass is 666 g/mol. The second-order valence-electron chi connectivity index (χ2n) is 15.2. The molecule has 0 bridgehead atoms. The molecule has 1 aromatic rings. The van der Waals surface area contributed by atoms with E-state index in [2.05, 4.69) is 26.9 Å². The van der Waals surface area contributed by atoms with Gasteiger partial charge in [0, 0.05) is 17.7 Å². The van der Waals surface area contributed by atoms with E-state index in [9.17, 15) is 24.0 Å². The van der Waals surface area contributed by atoms with Gasteiger partial charge in [-0.2, -0.15) is 0 Å². The molecular weight excluding hydrogens is 612 g/mol. The first-order valence-corrected chi connectivity index (χ1v) is 16.8. The average molecular weight is 667 g/mol. The number of ketones is 2. The second kappa shape index (κ2) is 16.2. The van der Waals surface area contributed by atoms with Crippen LogP contribution in [0.4, 0.5) is 0 Å². The molecule has 2 heterocycles. The number of hydrogen-bond acceptors (Lipinski definition) is 9. The van der Waals surface area contributed by atoms with Crippen molar-refractivity contribution >= 4 is 29.3 Å². The number of terminal acetylenes is 1. The lowest BCUT2D eigenvalue weighted by Gasteiger charge is -2.36. The van der Waals surface area contributed by atoms with E-state index >= 15 is 0 Å². The van der Waals surface area contributed by atoms with Crippen LogP contribution in [0.25, 0.3) is 0 Å². The largest absolute Gasteiger partial charge is 0.363 e. The molecule has 3 rings (SSSR count). The van der Waals surface area contributed by atoms with Crippen molar-refractivity contribution in [3.63, 3.8) is 0 Å². The molecule has 1 aromatic heterocycles. The molecule has 1 saturated carbocycles. The molecule has 5 N–H and O–H groups in total. The highest BCUT2D eigenvalue weighted by molar-refractivity contribution is 6.37. The Morgan fingerprint density at radius 2 is 1.73 bits per heavy atom. The summed E-state index contributed by atoms with van der Waals surface area (Å²) < 4.78 is 5.82. The summed E-state index contributed by atoms with van der Waals surface area (Å²) >= 11 is 0. The van der Waals surface area contributed by atoms with Crippen LogP contribution in [0.15, 0.2) is 18.2 Å². The number of primary amides is 1. The van der Waals surface area contributed by atoms with Crippen LogP contribution in [0, 0.1) is 47.9 Å². The molecule has 3 amide bonds. The SMILES string of the molecule is C#CC(C)(C)[C@@H]1C[C@@H](C(=O)NC(CC2CC2)C(=O)C(N)=O)N(C(=O)[C@@H](NCOCN[C@H](C(=O)c2cccc(C)n2)C(C)C)C(C)(C)C)C1. The van der Waals surface area contributed by atoms with E-state index in [1.54, 1.807) is 12.1 Å². The van der Waals surface area contributed by atoms with Gasteiger partial charge in [0.25, 0.3) is 5.91 Å². The minimum Gasteiger partial charge on any atom is -0.363 e. The van der Waals surface area contributed by atoms with Gasteiger partial charge in [-0.05, 0) is 68.9 Å². The van der Waals surface area contributed by atoms with Crippen LogP contribution < -0.4 is 21.7 Å². The Kier molecular flexibility index (Phi) is 13.1. The van der Waals surface area contributed by atoms with Gasteiger partial charge in [-0.1, -0.05) is 53.5 Å². The smallest absolute Gasteiger partial charge is 0.287 e. The van der Waals surface area contributed by atoms with Crippen LogP contribution in [0.2, 0.25) is 0 Å². The van der Waals surface area contributed by atoms with E-state index in [-0.39, 0.29) is 49.5 Å². The number of nitrogens with zero attached hydrogens (tertiary/aromatic N) is 2. The van der Waals surface area contributed by atoms with Gasteiger partial charge in [0.1, 0.15) is 11.7 Å². The van der Waals surface area contributed by atoms with Gasteiger partial charge in [0.2, 0.25) is 17.6 Å². The quantitative estimate of drug-likeness (QED) is 0.0640. The Labute approximate surface area is 285 Å². The number of rotatable bonds is 17. The van der Waals surface area contributed by atoms with E-state index in [0.717, 1.165) is 18.5 Å². The van der Waals surface area contributed by atoms with Crippen LogP contribution in [-0.2, 0) is 23.9 Å². The number of likely N-dealkylation sites (tertiary alicyclic amines) is 1. The normalized spacial score (nSPS) is 20.1. The van der Waals surface area contributed by atoms with Crippen molar-refractivity contribution in [3.8, 4) is 12.3 Å². The number of aromatic nitrogens is 1. The number of carbonyl (C=O) groups excluding carboxylic acids is 5. The highest BCUT2D eigenvalue weighted by Crippen LogP contribution is 2.39. The number of pyridine rings is 1. The van der Waals surface area contributed by atoms with E-state index in [0.29, 0.717) is 18.5 Å². The Hall–Kier alpha value is -3.66. The number of amides is 3. The first-order valence-electron chi connectivity index (χ1n) is 16.8. The van der Waals surface area contributed by atoms with Crippen molar-refractivity contribution in [2.75, 3.05) is 20.0 Å². The number of Topliss-reactive ketones (excluding diaryl/α,β-unsaturated/α-hetero) is 2. The molecule has 1 saturated heterocycles. The van der Waals surface area contributed by atoms with Crippen molar-refractivity contribution in [1.29, 1.82) is 0 Å². The van der Waals surface area contributed by atoms with Gasteiger partial charge in [0.15, 0.2) is 5.78 Å². The molecule has 0 radical (unpaired) electrons. The topological polar surface area (TPSA) is 173 Å². The fourth-order valence-electron chi connectivity index (χ4n) is 6.07. The second-order valence-corrected chi connectivity index (χ2v) is 15.2. The fraction of sp³-hybridized carbons (Fsp3) is 0.667. The summed E-state index contributed by atoms with van der Waals surface area (Å²) in [6.45, 7) is 15.5. The van der Waals surface area contributed by atoms with Crippen LogP contribution >= 0.6 is 0 Å². The van der Waals surface area contributed by atoms with Crippen molar-refractivity contribution in [3.05, 3.63) is 29.6 Å². The summed E-state index contributed by atoms with van der Waals surface area (Å²) in [7, 11) is 0. The van der Waals surface area contributed by atoms with E-state index in [1.165, 1.54) is 4.90 Å². The average Bonchev–Trinajstić information content (AvgIpc) is 3.71. The Morgan fingerprint density at radius 1 is 1.08 bits per heavy atom. The highest BCUT2D eigenvalue weighted by Gasteiger charge is 2.48. The molecule has 1 unspecified atom stereocenters. The molecule has 12 nitrogen and oxygen atoms in total. The van der Waals surface area contributed by atoms with E-state index in [4.69, 9.17) is 16.9 Å². The third-order valence-corrected chi connectivity index (χ3v) is 9.42. The predicted octanol–water partition coefficient (Wildman–Crippen LogP) is 2.34. The summed E-state index contributed by atoms with van der Waals surface area (Å²) in [6.07, 6.45) is 8.32. The number of aryl methyl sites for hydroxylation is 1. The molecule has 264 valence electrons. The zero-order valence-electron chi connectivity index (χ0n) is 29.7. The maximum atomic E-state index is 14.3. The van der Waals surface area contributed by atoms with Gasteiger partial charge in [-0.15, -0.1) is 12.3 Å². The highest BCUT2D eigenvalue weighted by atomic mass is 16.5. The van der Waals surface area contributed by atoms with Gasteiger partial charge < -0.3 is 20.7 Å². The minimum atomic E-state index is -1.10. The molecule has 12 heteroatoms. The van der Waals surface area contributed by atoms with Crippen LogP contribution in [0.5, 0.6) is 0 Å². The zero-order valence-corrected chi connectivity index (χ0v) is 29.7. The lowest BCUT2D eigenvalue weighted by Crippen LogP contribution is -2.58. The number of carbonyl (C=O) groups is 5. The first kappa shape index (κ1) is 38.8. The molecule has 48 heavy (non-hydrogen) atoms. The van der Waals surface area contributed by atoms with Crippen LogP contribution in [0.3, 0.4) is 0 Å². The van der Waals surface area contributed by atoms with Crippen molar-refractivity contribution in [2.24, 2.45) is 34.3 Å². The number of hydrogen-bond donors (Lipinski definition) is 4. The Balaban J connectivity index is 1.72. The molecule has 2 fully saturated rings. The summed E-state index contributed by atoms with van der Waals surface area (Å²) in [5.41, 5.74) is 5.24. The van der Waals surface area contributed by atoms with Crippen LogP contribution in [-0.4, -0.2) is 83.3 Å². The number of nitrogens with one attached hydrogen (secondary N) is 3. The maximum Gasteiger partial charge on any atom is 0.287 e. The molecule has 0 aromatic carbocycles. The molecule has 2 aliphatic rings. The van der Waals surface area contributed by atoms with Gasteiger partial charge >= 0.3 is 0 Å². The Morgan fingerprint density at radius 3 is 2.27 bits per heavy atom. The first-order chi connectivity index (χ1) is 22.4. The molecule has 1 aliphatic carbocycles. The van der Waals surface area contributed by atoms with Crippen molar-refractivity contribution in [2.45, 2.75) is 105 Å². The van der Waals surface area contributed by atoms with Gasteiger partial charge in [-0.25, -0.2) is 4.98 Å². The Bertz CT molecular complexity index is 1390. The zero-order chi connectivity index (χ0) is 36.0. The third kappa shape index (κ3) is 10.2. The van der Waals surface area contributed by atoms with Gasteiger partial charge in [-0.3, -0.25) is 34.6 Å². The van der Waals surface area contributed by atoms with Gasteiger partial charge in [0.05, 0.1) is 31.6 Å². The maximum absolute atomic E-state index is 14.3. The van der Waals surface area contributed by atoms with Crippen molar-refractivity contribution < 1.29 is 28.7 Å². The molecule has 5 atom stereocenters. The summed E-state index contributed by atoms with van der Waals surface area (Å²) in [4.78, 5) is 71.5. The van der Waals surface area contributed by atoms with E-state index in [1.807, 2.05) is 61.5 Å². The van der Waals surface area contributed by atoms with Crippen molar-refractivity contribution in [1.82, 2.24) is 25.8 Å². The number of nitrogens with two attached hydrogens (primary N) is 1. The lowest BCUT2D eigenvalue weighted by molar-refractivity contribution is -0.144. The molecule has 1 aliphatic heterocycles. The predicted molar refractivity (Wildman–Crippen MR) is 182 cm³/mol. The third-order valence-electron chi connectivity index (χ3n) is 9.42. The summed E-state index contributed by atoms with van der Waals surface area (Å²) in [5.74, 6) is -0.0779. The lowest BCUT2D eigenvalue weighted by atomic mass is 9.78. The number of ether oxygens (including phenoxy) is 1. The van der Waals surface area contributed by atoms with Crippen LogP contribution in [0.1, 0.15) is 90.3 Å². The standard InChI is InChI=1S/C36H54N6O6/c1-10-36(8,9)24-17-27(33(46)41-26(16-23-14-15-23)30(44)32(37)45)42(18-24)34(47)31(35(5,6)7)39-20-48-19-38-28(21(2)3)29(43)25-13-11-12-22(4)40-25/h1,11-13,21,23-24,26-28,31,38-39H,14-20H2,2-9H3,(H2,37,45)(H,41,46)/t24-,26?,27+,28+,31-/m1/s1. The molecule has 0 spiro atoms. The summed E-state index contributed by atoms with van der Waals surface area (Å²) in [5, 5.41) is 9.11. The van der Waals surface area contributed by atoms with E-state index < -0.39 is 52.6 Å². The molecular formula is C36H54N6O6. The summed E-state index contributed by atoms with van der Waals surface area (Å²) in [6, 6.07) is 2.10.